The zero-order valence-electron chi connectivity index (χ0n) is 6.66. The predicted octanol–water partition coefficient (Wildman–Crippen LogP) is 2.70. The Bertz CT molecular complexity index is 373. The summed E-state index contributed by atoms with van der Waals surface area (Å²) in [6, 6.07) is 8.30. The third-order valence-corrected chi connectivity index (χ3v) is 2.61. The van der Waals surface area contributed by atoms with Gasteiger partial charge in [0.05, 0.1) is 10.6 Å². The largest absolute Gasteiger partial charge is 0.294 e. The molecule has 0 bridgehead atoms. The van der Waals surface area contributed by atoms with Crippen molar-refractivity contribution in [3.63, 3.8) is 0 Å². The van der Waals surface area contributed by atoms with Gasteiger partial charge in [0, 0.05) is 11.9 Å². The minimum absolute atomic E-state index is 0.837. The van der Waals surface area contributed by atoms with Crippen LogP contribution in [0.4, 0.5) is 5.69 Å². The van der Waals surface area contributed by atoms with Crippen molar-refractivity contribution in [2.24, 2.45) is 0 Å². The van der Waals surface area contributed by atoms with Crippen LogP contribution in [0, 0.1) is 5.31 Å². The highest BCUT2D eigenvalue weighted by molar-refractivity contribution is 7.89. The van der Waals surface area contributed by atoms with Crippen molar-refractivity contribution in [3.8, 4) is 5.31 Å². The first-order valence-electron chi connectivity index (χ1n) is 3.82. The first-order chi connectivity index (χ1) is 5.92. The summed E-state index contributed by atoms with van der Waals surface area (Å²) >= 11 is 1.64. The van der Waals surface area contributed by atoms with Crippen molar-refractivity contribution in [2.75, 3.05) is 11.4 Å². The van der Waals surface area contributed by atoms with Crippen LogP contribution in [0.2, 0.25) is 0 Å². The van der Waals surface area contributed by atoms with E-state index in [4.69, 9.17) is 0 Å². The summed E-state index contributed by atoms with van der Waals surface area (Å²) in [5.41, 5.74) is 1.24. The maximum absolute atomic E-state index is 3.71. The second-order valence-electron chi connectivity index (χ2n) is 2.56. The Morgan fingerprint density at radius 2 is 2.33 bits per heavy atom. The summed E-state index contributed by atoms with van der Waals surface area (Å²) in [4.78, 5) is 3.35. The Hall–Kier alpha value is -1.24. The van der Waals surface area contributed by atoms with E-state index in [1.54, 1.807) is 11.2 Å². The van der Waals surface area contributed by atoms with E-state index < -0.39 is 0 Å². The number of rotatable bonds is 2. The normalized spacial score (nSPS) is 12.5. The van der Waals surface area contributed by atoms with Crippen LogP contribution < -0.4 is 4.90 Å². The Balaban J connectivity index is 2.37. The van der Waals surface area contributed by atoms with Crippen molar-refractivity contribution in [3.05, 3.63) is 36.9 Å². The van der Waals surface area contributed by atoms with Gasteiger partial charge in [-0.15, -0.1) is 6.58 Å². The SMILES string of the molecule is C=CCN1C#Sc2ccccc21. The molecule has 0 radical (unpaired) electrons. The monoisotopic (exact) mass is 175 g/mol. The van der Waals surface area contributed by atoms with Gasteiger partial charge < -0.3 is 0 Å². The number of hydrogen-bond acceptors (Lipinski definition) is 1. The summed E-state index contributed by atoms with van der Waals surface area (Å²) < 4.78 is 0. The van der Waals surface area contributed by atoms with Crippen molar-refractivity contribution in [1.82, 2.24) is 0 Å². The molecule has 1 nitrogen and oxygen atoms in total. The van der Waals surface area contributed by atoms with E-state index >= 15 is 0 Å². The maximum atomic E-state index is 3.71. The second kappa shape index (κ2) is 3.02. The van der Waals surface area contributed by atoms with Gasteiger partial charge >= 0.3 is 0 Å². The van der Waals surface area contributed by atoms with Crippen LogP contribution in [0.3, 0.4) is 0 Å². The number of anilines is 1. The molecule has 0 spiro atoms. The average Bonchev–Trinajstić information content (AvgIpc) is 2.50. The van der Waals surface area contributed by atoms with E-state index in [1.807, 2.05) is 18.2 Å². The predicted molar refractivity (Wildman–Crippen MR) is 53.7 cm³/mol. The van der Waals surface area contributed by atoms with Gasteiger partial charge in [-0.05, 0) is 12.1 Å². The molecule has 0 saturated carbocycles. The third-order valence-electron chi connectivity index (χ3n) is 1.73. The molecule has 12 heavy (non-hydrogen) atoms. The second-order valence-corrected chi connectivity index (χ2v) is 3.39. The maximum Gasteiger partial charge on any atom is 0.0673 e. The van der Waals surface area contributed by atoms with Gasteiger partial charge in [-0.2, -0.15) is 0 Å². The van der Waals surface area contributed by atoms with E-state index in [1.165, 1.54) is 10.6 Å². The fourth-order valence-corrected chi connectivity index (χ4v) is 2.00. The summed E-state index contributed by atoms with van der Waals surface area (Å²) in [6.45, 7) is 4.54. The molecule has 1 aromatic carbocycles. The average molecular weight is 175 g/mol. The van der Waals surface area contributed by atoms with E-state index in [0.29, 0.717) is 0 Å². The zero-order valence-corrected chi connectivity index (χ0v) is 7.47. The molecule has 2 heteroatoms. The van der Waals surface area contributed by atoms with Crippen LogP contribution in [-0.2, 0) is 0 Å². The van der Waals surface area contributed by atoms with Gasteiger partial charge in [-0.1, -0.05) is 29.4 Å². The minimum atomic E-state index is 0.837. The molecular formula is C10H9NS. The Kier molecular flexibility index (Phi) is 1.86. The number of nitrogens with zero attached hydrogens (tertiary/aromatic N) is 1. The van der Waals surface area contributed by atoms with E-state index in [-0.39, 0.29) is 0 Å². The Labute approximate surface area is 75.9 Å². The highest BCUT2D eigenvalue weighted by atomic mass is 32.1. The smallest absolute Gasteiger partial charge is 0.0673 e. The summed E-state index contributed by atoms with van der Waals surface area (Å²) in [7, 11) is 0. The van der Waals surface area contributed by atoms with Crippen molar-refractivity contribution in [1.29, 1.82) is 0 Å². The van der Waals surface area contributed by atoms with Crippen LogP contribution in [0.25, 0.3) is 0 Å². The molecular weight excluding hydrogens is 166 g/mol. The van der Waals surface area contributed by atoms with Crippen LogP contribution >= 0.6 is 11.2 Å². The number of fused-ring (bicyclic) bond motifs is 1. The lowest BCUT2D eigenvalue weighted by molar-refractivity contribution is 1.11. The van der Waals surface area contributed by atoms with Crippen molar-refractivity contribution < 1.29 is 0 Å². The minimum Gasteiger partial charge on any atom is -0.294 e. The molecule has 2 rings (SSSR count). The summed E-state index contributed by atoms with van der Waals surface area (Å²) in [5.74, 6) is 0. The number of para-hydroxylation sites is 1. The van der Waals surface area contributed by atoms with Gasteiger partial charge in [0.2, 0.25) is 0 Å². The molecule has 0 aromatic heterocycles. The van der Waals surface area contributed by atoms with Crippen LogP contribution in [0.15, 0.2) is 41.8 Å². The Morgan fingerprint density at radius 3 is 3.17 bits per heavy atom. The van der Waals surface area contributed by atoms with Gasteiger partial charge in [-0.25, -0.2) is 0 Å². The lowest BCUT2D eigenvalue weighted by atomic mass is 10.3. The first kappa shape index (κ1) is 7.41. The molecule has 1 aliphatic heterocycles. The third kappa shape index (κ3) is 1.11. The fourth-order valence-electron chi connectivity index (χ4n) is 1.18. The molecule has 0 N–H and O–H groups in total. The van der Waals surface area contributed by atoms with Crippen molar-refractivity contribution >= 4 is 16.9 Å². The zero-order chi connectivity index (χ0) is 8.39. The molecule has 0 amide bonds. The van der Waals surface area contributed by atoms with Crippen LogP contribution in [-0.4, -0.2) is 6.54 Å². The van der Waals surface area contributed by atoms with Crippen LogP contribution in [0.5, 0.6) is 0 Å². The molecule has 1 heterocycles. The van der Waals surface area contributed by atoms with Gasteiger partial charge in [-0.3, -0.25) is 4.90 Å². The highest BCUT2D eigenvalue weighted by Gasteiger charge is 2.10. The van der Waals surface area contributed by atoms with E-state index in [9.17, 15) is 0 Å². The molecule has 1 aliphatic rings. The standard InChI is InChI=1S/C10H9NS/c1-2-7-11-8-12-10-6-4-3-5-9(10)11/h2-6H,1,7H2. The van der Waals surface area contributed by atoms with Gasteiger partial charge in [0.1, 0.15) is 0 Å². The molecule has 1 aromatic rings. The lowest BCUT2D eigenvalue weighted by Crippen LogP contribution is -2.13. The summed E-state index contributed by atoms with van der Waals surface area (Å²) in [6.07, 6.45) is 1.88. The first-order valence-corrected chi connectivity index (χ1v) is 4.63. The Morgan fingerprint density at radius 1 is 1.50 bits per heavy atom. The number of benzene rings is 1. The molecule has 0 unspecified atom stereocenters. The quantitative estimate of drug-likeness (QED) is 0.625. The van der Waals surface area contributed by atoms with Gasteiger partial charge in [0.15, 0.2) is 0 Å². The fraction of sp³-hybridized carbons (Fsp3) is 0.100. The van der Waals surface area contributed by atoms with Crippen molar-refractivity contribution in [2.45, 2.75) is 4.90 Å². The molecule has 60 valence electrons. The molecule has 0 aliphatic carbocycles. The highest BCUT2D eigenvalue weighted by Crippen LogP contribution is 2.29. The summed E-state index contributed by atoms with van der Waals surface area (Å²) in [5, 5.41) is 3.20. The van der Waals surface area contributed by atoms with Gasteiger partial charge in [0.25, 0.3) is 0 Å². The lowest BCUT2D eigenvalue weighted by Gasteiger charge is -2.11. The topological polar surface area (TPSA) is 3.24 Å². The van der Waals surface area contributed by atoms with E-state index in [0.717, 1.165) is 6.54 Å². The molecule has 0 saturated heterocycles. The molecule has 0 atom stereocenters. The van der Waals surface area contributed by atoms with E-state index in [2.05, 4.69) is 28.9 Å². The molecule has 0 fully saturated rings. The van der Waals surface area contributed by atoms with Crippen LogP contribution in [0.1, 0.15) is 0 Å². The number of hydrogen-bond donors (Lipinski definition) is 0.